The van der Waals surface area contributed by atoms with E-state index >= 15 is 0 Å². The number of ether oxygens (including phenoxy) is 1. The van der Waals surface area contributed by atoms with Crippen LogP contribution in [-0.4, -0.2) is 72.1 Å². The minimum absolute atomic E-state index is 0.0207. The number of fused-ring (bicyclic) bond motifs is 2. The quantitative estimate of drug-likeness (QED) is 0.308. The molecule has 2 fully saturated rings. The lowest BCUT2D eigenvalue weighted by Crippen LogP contribution is -2.42. The number of rotatable bonds is 9. The Morgan fingerprint density at radius 2 is 1.88 bits per heavy atom. The molecule has 1 aliphatic carbocycles. The zero-order valence-corrected chi connectivity index (χ0v) is 22.9. The van der Waals surface area contributed by atoms with Crippen LogP contribution in [0.15, 0.2) is 46.5 Å². The first-order chi connectivity index (χ1) is 19.7. The summed E-state index contributed by atoms with van der Waals surface area (Å²) in [5.41, 5.74) is -0.172. The Kier molecular flexibility index (Phi) is 6.69. The van der Waals surface area contributed by atoms with Gasteiger partial charge in [-0.15, -0.1) is 0 Å². The van der Waals surface area contributed by atoms with Crippen LogP contribution in [0.3, 0.4) is 0 Å². The highest BCUT2D eigenvalue weighted by Crippen LogP contribution is 2.45. The van der Waals surface area contributed by atoms with Crippen molar-refractivity contribution >= 4 is 34.5 Å². The van der Waals surface area contributed by atoms with Crippen LogP contribution in [0.5, 0.6) is 0 Å². The highest BCUT2D eigenvalue weighted by molar-refractivity contribution is 5.93. The van der Waals surface area contributed by atoms with Gasteiger partial charge in [-0.1, -0.05) is 6.07 Å². The maximum Gasteiger partial charge on any atom is 0.332 e. The summed E-state index contributed by atoms with van der Waals surface area (Å²) in [6.07, 6.45) is 6.07. The molecular weight excluding hydrogens is 530 g/mol. The number of hydrogen-bond acceptors (Lipinski definition) is 10. The van der Waals surface area contributed by atoms with Crippen LogP contribution < -0.4 is 21.5 Å². The molecule has 14 heteroatoms. The number of carbonyl (C=O) groups excluding carboxylic acids is 2. The number of nitrogens with one attached hydrogen (secondary N) is 1. The van der Waals surface area contributed by atoms with Crippen molar-refractivity contribution in [2.75, 3.05) is 37.0 Å². The molecule has 1 aliphatic heterocycles. The summed E-state index contributed by atoms with van der Waals surface area (Å²) < 4.78 is 8.18. The normalized spacial score (nSPS) is 18.4. The van der Waals surface area contributed by atoms with Crippen molar-refractivity contribution in [3.8, 4) is 11.4 Å². The second kappa shape index (κ2) is 10.4. The number of carbonyl (C=O) groups is 2. The van der Waals surface area contributed by atoms with Gasteiger partial charge in [0.1, 0.15) is 30.0 Å². The molecule has 1 saturated heterocycles. The lowest BCUT2D eigenvalue weighted by molar-refractivity contribution is -0.123. The van der Waals surface area contributed by atoms with Crippen molar-refractivity contribution in [1.82, 2.24) is 33.6 Å². The first kappa shape index (κ1) is 26.5. The zero-order chi connectivity index (χ0) is 28.8. The van der Waals surface area contributed by atoms with E-state index in [-0.39, 0.29) is 17.8 Å². The van der Waals surface area contributed by atoms with Gasteiger partial charge in [-0.2, -0.15) is 0 Å². The van der Waals surface area contributed by atoms with E-state index in [0.717, 1.165) is 35.3 Å². The van der Waals surface area contributed by atoms with E-state index < -0.39 is 35.5 Å². The summed E-state index contributed by atoms with van der Waals surface area (Å²) in [7, 11) is 2.80. The number of piperidine rings is 1. The Labute approximate surface area is 233 Å². The highest BCUT2D eigenvalue weighted by atomic mass is 16.5. The van der Waals surface area contributed by atoms with E-state index in [2.05, 4.69) is 30.2 Å². The van der Waals surface area contributed by atoms with Crippen molar-refractivity contribution in [1.29, 1.82) is 0 Å². The SMILES string of the molecule is COCC(=O)Cn1c(=O)c2c(ncn2[C@@H](C)C(=O)Nc2cccc(-c3cnc(N4CC5CC5C4)cn3)n2)n(C)c1=O. The molecule has 1 amide bonds. The number of Topliss-reactive ketones (excluding diaryl/α,β-unsaturated/α-hetero) is 1. The molecule has 2 aliphatic rings. The maximum absolute atomic E-state index is 13.3. The van der Waals surface area contributed by atoms with Gasteiger partial charge >= 0.3 is 5.69 Å². The standard InChI is InChI=1S/C27H29N9O5/c1-15(36-14-30-24-23(36)26(39)35(27(40)33(24)2)12-18(37)13-41-3)25(38)32-21-6-4-5-19(31-21)20-8-29-22(9-28-20)34-10-16-7-17(16)11-34/h4-6,8-9,14-17H,7,10-13H2,1-3H3,(H,31,32,38)/t15-,16?,17?/m0/s1. The number of anilines is 2. The molecule has 0 spiro atoms. The smallest absolute Gasteiger partial charge is 0.332 e. The van der Waals surface area contributed by atoms with Crippen LogP contribution >= 0.6 is 0 Å². The summed E-state index contributed by atoms with van der Waals surface area (Å²) in [5.74, 6) is 1.83. The lowest BCUT2D eigenvalue weighted by Gasteiger charge is -2.18. The van der Waals surface area contributed by atoms with Crippen molar-refractivity contribution in [2.24, 2.45) is 18.9 Å². The topological polar surface area (TPSA) is 159 Å². The zero-order valence-electron chi connectivity index (χ0n) is 22.9. The molecule has 6 rings (SSSR count). The molecule has 41 heavy (non-hydrogen) atoms. The first-order valence-electron chi connectivity index (χ1n) is 13.3. The van der Waals surface area contributed by atoms with E-state index in [0.29, 0.717) is 17.2 Å². The van der Waals surface area contributed by atoms with E-state index in [9.17, 15) is 19.2 Å². The van der Waals surface area contributed by atoms with E-state index in [1.807, 2.05) is 0 Å². The molecule has 3 atom stereocenters. The number of pyridine rings is 1. The van der Waals surface area contributed by atoms with Crippen molar-refractivity contribution in [3.63, 3.8) is 0 Å². The number of amides is 1. The second-order valence-corrected chi connectivity index (χ2v) is 10.5. The van der Waals surface area contributed by atoms with Gasteiger partial charge in [0.2, 0.25) is 5.91 Å². The van der Waals surface area contributed by atoms with Crippen LogP contribution in [0.25, 0.3) is 22.6 Å². The fourth-order valence-corrected chi connectivity index (χ4v) is 5.31. The molecule has 1 saturated carbocycles. The van der Waals surface area contributed by atoms with Crippen molar-refractivity contribution < 1.29 is 14.3 Å². The minimum Gasteiger partial charge on any atom is -0.377 e. The monoisotopic (exact) mass is 559 g/mol. The van der Waals surface area contributed by atoms with Crippen LogP contribution in [0.4, 0.5) is 11.6 Å². The predicted octanol–water partition coefficient (Wildman–Crippen LogP) is 0.620. The number of aryl methyl sites for hydroxylation is 1. The molecule has 5 heterocycles. The van der Waals surface area contributed by atoms with E-state index in [1.54, 1.807) is 37.5 Å². The fraction of sp³-hybridized carbons (Fsp3) is 0.407. The molecule has 1 N–H and O–H groups in total. The van der Waals surface area contributed by atoms with E-state index in [1.165, 1.54) is 36.0 Å². The first-order valence-corrected chi connectivity index (χ1v) is 13.3. The van der Waals surface area contributed by atoms with Gasteiger partial charge in [0.25, 0.3) is 5.56 Å². The van der Waals surface area contributed by atoms with Gasteiger partial charge in [-0.3, -0.25) is 23.5 Å². The maximum atomic E-state index is 13.3. The summed E-state index contributed by atoms with van der Waals surface area (Å²) in [6.45, 7) is 2.95. The Morgan fingerprint density at radius 3 is 2.59 bits per heavy atom. The molecule has 4 aromatic heterocycles. The average molecular weight is 560 g/mol. The number of aromatic nitrogens is 7. The van der Waals surface area contributed by atoms with Crippen LogP contribution in [-0.2, 0) is 27.9 Å². The number of imidazole rings is 1. The molecule has 0 radical (unpaired) electrons. The number of nitrogens with zero attached hydrogens (tertiary/aromatic N) is 8. The summed E-state index contributed by atoms with van der Waals surface area (Å²) in [6, 6.07) is 4.29. The van der Waals surface area contributed by atoms with Gasteiger partial charge in [0.05, 0.1) is 31.0 Å². The Morgan fingerprint density at radius 1 is 1.10 bits per heavy atom. The molecule has 0 aromatic carbocycles. The summed E-state index contributed by atoms with van der Waals surface area (Å²) in [5, 5.41) is 2.78. The van der Waals surface area contributed by atoms with Crippen LogP contribution in [0, 0.1) is 11.8 Å². The molecule has 4 aromatic rings. The Hall–Kier alpha value is -4.72. The number of methoxy groups -OCH3 is 1. The molecular formula is C27H29N9O5. The van der Waals surface area contributed by atoms with Crippen LogP contribution in [0.2, 0.25) is 0 Å². The second-order valence-electron chi connectivity index (χ2n) is 10.5. The minimum atomic E-state index is -0.899. The molecule has 0 bridgehead atoms. The predicted molar refractivity (Wildman–Crippen MR) is 149 cm³/mol. The fourth-order valence-electron chi connectivity index (χ4n) is 5.31. The third kappa shape index (κ3) is 4.90. The van der Waals surface area contributed by atoms with Crippen molar-refractivity contribution in [2.45, 2.75) is 25.9 Å². The number of hydrogen-bond donors (Lipinski definition) is 1. The van der Waals surface area contributed by atoms with Gasteiger partial charge in [-0.25, -0.2) is 24.7 Å². The van der Waals surface area contributed by atoms with Crippen molar-refractivity contribution in [3.05, 3.63) is 57.8 Å². The van der Waals surface area contributed by atoms with Gasteiger partial charge < -0.3 is 19.5 Å². The van der Waals surface area contributed by atoms with Gasteiger partial charge in [0.15, 0.2) is 16.9 Å². The Bertz CT molecular complexity index is 1760. The third-order valence-corrected chi connectivity index (χ3v) is 7.70. The summed E-state index contributed by atoms with van der Waals surface area (Å²) in [4.78, 5) is 71.5. The number of ketones is 1. The van der Waals surface area contributed by atoms with Gasteiger partial charge in [0, 0.05) is 27.2 Å². The van der Waals surface area contributed by atoms with E-state index in [4.69, 9.17) is 4.74 Å². The lowest BCUT2D eigenvalue weighted by atomic mass is 10.2. The average Bonchev–Trinajstić information content (AvgIpc) is 3.35. The summed E-state index contributed by atoms with van der Waals surface area (Å²) >= 11 is 0. The Balaban J connectivity index is 1.22. The molecule has 14 nitrogen and oxygen atoms in total. The van der Waals surface area contributed by atoms with Crippen LogP contribution in [0.1, 0.15) is 19.4 Å². The largest absolute Gasteiger partial charge is 0.377 e. The highest BCUT2D eigenvalue weighted by Gasteiger charge is 2.45. The third-order valence-electron chi connectivity index (χ3n) is 7.70. The molecule has 212 valence electrons. The molecule has 2 unspecified atom stereocenters. The van der Waals surface area contributed by atoms with Gasteiger partial charge in [-0.05, 0) is 37.3 Å².